The summed E-state index contributed by atoms with van der Waals surface area (Å²) in [6.45, 7) is 2.21. The van der Waals surface area contributed by atoms with Crippen LogP contribution in [0, 0.1) is 5.82 Å². The van der Waals surface area contributed by atoms with E-state index >= 15 is 0 Å². The van der Waals surface area contributed by atoms with Crippen molar-refractivity contribution in [2.24, 2.45) is 5.73 Å². The van der Waals surface area contributed by atoms with E-state index in [-0.39, 0.29) is 5.82 Å². The van der Waals surface area contributed by atoms with Gasteiger partial charge in [-0.2, -0.15) is 0 Å². The molecule has 0 aromatic carbocycles. The van der Waals surface area contributed by atoms with Gasteiger partial charge in [0, 0.05) is 12.7 Å². The maximum Gasteiger partial charge on any atom is 0.144 e. The lowest BCUT2D eigenvalue weighted by molar-refractivity contribution is 0.599. The highest BCUT2D eigenvalue weighted by atomic mass is 19.1. The second-order valence-corrected chi connectivity index (χ2v) is 2.33. The predicted molar refractivity (Wildman–Crippen MR) is 41.5 cm³/mol. The van der Waals surface area contributed by atoms with Crippen LogP contribution >= 0.6 is 0 Å². The number of aryl methyl sites for hydroxylation is 1. The van der Waals surface area contributed by atoms with Crippen LogP contribution in [0.3, 0.4) is 0 Å². The molecule has 11 heavy (non-hydrogen) atoms. The maximum atomic E-state index is 12.9. The van der Waals surface area contributed by atoms with E-state index in [1.165, 1.54) is 6.07 Å². The quantitative estimate of drug-likeness (QED) is 0.696. The standard InChI is InChI=1S/C8H11FN2/c1-2-8-7(9)3-6(4-10)5-11-8/h3,5H,2,4,10H2,1H3. The van der Waals surface area contributed by atoms with E-state index in [1.54, 1.807) is 6.20 Å². The van der Waals surface area contributed by atoms with Crippen LogP contribution < -0.4 is 5.73 Å². The summed E-state index contributed by atoms with van der Waals surface area (Å²) in [5.74, 6) is -0.254. The van der Waals surface area contributed by atoms with Gasteiger partial charge in [-0.3, -0.25) is 4.98 Å². The lowest BCUT2D eigenvalue weighted by Gasteiger charge is -1.99. The summed E-state index contributed by atoms with van der Waals surface area (Å²) >= 11 is 0. The second-order valence-electron chi connectivity index (χ2n) is 2.33. The van der Waals surface area contributed by atoms with E-state index in [9.17, 15) is 4.39 Å². The normalized spacial score (nSPS) is 10.1. The summed E-state index contributed by atoms with van der Waals surface area (Å²) < 4.78 is 12.9. The first kappa shape index (κ1) is 8.14. The van der Waals surface area contributed by atoms with Crippen LogP contribution in [0.15, 0.2) is 12.3 Å². The smallest absolute Gasteiger partial charge is 0.144 e. The van der Waals surface area contributed by atoms with Gasteiger partial charge in [0.05, 0.1) is 5.69 Å². The fraction of sp³-hybridized carbons (Fsp3) is 0.375. The number of hydrogen-bond acceptors (Lipinski definition) is 2. The van der Waals surface area contributed by atoms with E-state index in [2.05, 4.69) is 4.98 Å². The highest BCUT2D eigenvalue weighted by Crippen LogP contribution is 2.06. The number of nitrogens with two attached hydrogens (primary N) is 1. The predicted octanol–water partition coefficient (Wildman–Crippen LogP) is 1.24. The summed E-state index contributed by atoms with van der Waals surface area (Å²) in [6.07, 6.45) is 2.23. The second kappa shape index (κ2) is 3.44. The van der Waals surface area contributed by atoms with E-state index < -0.39 is 0 Å². The lowest BCUT2D eigenvalue weighted by Crippen LogP contribution is -2.00. The van der Waals surface area contributed by atoms with Gasteiger partial charge in [-0.15, -0.1) is 0 Å². The average molecular weight is 154 g/mol. The minimum Gasteiger partial charge on any atom is -0.326 e. The number of rotatable bonds is 2. The zero-order valence-corrected chi connectivity index (χ0v) is 6.47. The molecule has 0 unspecified atom stereocenters. The fourth-order valence-corrected chi connectivity index (χ4v) is 0.878. The number of nitrogens with zero attached hydrogens (tertiary/aromatic N) is 1. The third-order valence-electron chi connectivity index (χ3n) is 1.54. The third kappa shape index (κ3) is 1.74. The van der Waals surface area contributed by atoms with Crippen molar-refractivity contribution in [2.75, 3.05) is 0 Å². The fourth-order valence-electron chi connectivity index (χ4n) is 0.878. The summed E-state index contributed by atoms with van der Waals surface area (Å²) in [5.41, 5.74) is 6.54. The van der Waals surface area contributed by atoms with Gasteiger partial charge >= 0.3 is 0 Å². The maximum absolute atomic E-state index is 12.9. The monoisotopic (exact) mass is 154 g/mol. The van der Waals surface area contributed by atoms with Crippen LogP contribution in [0.25, 0.3) is 0 Å². The zero-order chi connectivity index (χ0) is 8.27. The first-order chi connectivity index (χ1) is 5.27. The van der Waals surface area contributed by atoms with Crippen molar-refractivity contribution in [2.45, 2.75) is 19.9 Å². The minimum absolute atomic E-state index is 0.254. The molecule has 2 nitrogen and oxygen atoms in total. The molecule has 2 N–H and O–H groups in total. The largest absolute Gasteiger partial charge is 0.326 e. The van der Waals surface area contributed by atoms with Crippen molar-refractivity contribution in [1.29, 1.82) is 0 Å². The van der Waals surface area contributed by atoms with Gasteiger partial charge in [0.15, 0.2) is 0 Å². The van der Waals surface area contributed by atoms with Crippen molar-refractivity contribution in [3.05, 3.63) is 29.3 Å². The Hall–Kier alpha value is -0.960. The molecule has 0 aliphatic rings. The highest BCUT2D eigenvalue weighted by Gasteiger charge is 2.00. The van der Waals surface area contributed by atoms with Crippen molar-refractivity contribution < 1.29 is 4.39 Å². The molecule has 0 bridgehead atoms. The Morgan fingerprint density at radius 1 is 1.64 bits per heavy atom. The molecule has 60 valence electrons. The number of pyridine rings is 1. The molecular formula is C8H11FN2. The van der Waals surface area contributed by atoms with Crippen LogP contribution in [-0.2, 0) is 13.0 Å². The van der Waals surface area contributed by atoms with Crippen molar-refractivity contribution >= 4 is 0 Å². The van der Waals surface area contributed by atoms with Crippen molar-refractivity contribution in [3.8, 4) is 0 Å². The molecule has 1 heterocycles. The summed E-state index contributed by atoms with van der Waals surface area (Å²) in [4.78, 5) is 3.91. The van der Waals surface area contributed by atoms with Crippen LogP contribution in [0.2, 0.25) is 0 Å². The minimum atomic E-state index is -0.254. The Bertz CT molecular complexity index is 248. The molecule has 0 aliphatic heterocycles. The van der Waals surface area contributed by atoms with E-state index in [4.69, 9.17) is 5.73 Å². The first-order valence-corrected chi connectivity index (χ1v) is 3.61. The van der Waals surface area contributed by atoms with Gasteiger partial charge in [-0.1, -0.05) is 6.92 Å². The lowest BCUT2D eigenvalue weighted by atomic mass is 10.2. The average Bonchev–Trinajstić information content (AvgIpc) is 2.04. The van der Waals surface area contributed by atoms with Gasteiger partial charge in [0.1, 0.15) is 5.82 Å². The molecule has 1 aromatic heterocycles. The molecule has 0 amide bonds. The van der Waals surface area contributed by atoms with Crippen LogP contribution in [-0.4, -0.2) is 4.98 Å². The van der Waals surface area contributed by atoms with Gasteiger partial charge in [0.2, 0.25) is 0 Å². The van der Waals surface area contributed by atoms with Crippen molar-refractivity contribution in [1.82, 2.24) is 4.98 Å². The number of halogens is 1. The molecule has 0 radical (unpaired) electrons. The Labute approximate surface area is 65.3 Å². The molecule has 3 heteroatoms. The van der Waals surface area contributed by atoms with Gasteiger partial charge < -0.3 is 5.73 Å². The molecule has 1 rings (SSSR count). The van der Waals surface area contributed by atoms with Gasteiger partial charge in [-0.25, -0.2) is 4.39 Å². The Morgan fingerprint density at radius 3 is 2.82 bits per heavy atom. The van der Waals surface area contributed by atoms with E-state index in [0.717, 1.165) is 5.56 Å². The first-order valence-electron chi connectivity index (χ1n) is 3.61. The molecule has 0 fully saturated rings. The van der Waals surface area contributed by atoms with Crippen molar-refractivity contribution in [3.63, 3.8) is 0 Å². The Kier molecular flexibility index (Phi) is 2.54. The van der Waals surface area contributed by atoms with Crippen LogP contribution in [0.5, 0.6) is 0 Å². The molecule has 0 atom stereocenters. The molecule has 0 saturated carbocycles. The highest BCUT2D eigenvalue weighted by molar-refractivity contribution is 5.15. The summed E-state index contributed by atoms with van der Waals surface area (Å²) in [6, 6.07) is 1.44. The van der Waals surface area contributed by atoms with Crippen LogP contribution in [0.1, 0.15) is 18.2 Å². The van der Waals surface area contributed by atoms with E-state index in [0.29, 0.717) is 18.7 Å². The zero-order valence-electron chi connectivity index (χ0n) is 6.47. The third-order valence-corrected chi connectivity index (χ3v) is 1.54. The molecule has 1 aromatic rings. The number of aromatic nitrogens is 1. The Morgan fingerprint density at radius 2 is 2.36 bits per heavy atom. The topological polar surface area (TPSA) is 38.9 Å². The van der Waals surface area contributed by atoms with Gasteiger partial charge in [0.25, 0.3) is 0 Å². The summed E-state index contributed by atoms with van der Waals surface area (Å²) in [5, 5.41) is 0. The SMILES string of the molecule is CCc1ncc(CN)cc1F. The Balaban J connectivity index is 2.99. The molecular weight excluding hydrogens is 143 g/mol. The molecule has 0 aliphatic carbocycles. The van der Waals surface area contributed by atoms with Gasteiger partial charge in [-0.05, 0) is 18.1 Å². The van der Waals surface area contributed by atoms with Crippen LogP contribution in [0.4, 0.5) is 4.39 Å². The molecule has 0 spiro atoms. The number of hydrogen-bond donors (Lipinski definition) is 1. The van der Waals surface area contributed by atoms with E-state index in [1.807, 2.05) is 6.92 Å². The molecule has 0 saturated heterocycles. The summed E-state index contributed by atoms with van der Waals surface area (Å²) in [7, 11) is 0.